The van der Waals surface area contributed by atoms with E-state index in [0.717, 1.165) is 9.87 Å². The summed E-state index contributed by atoms with van der Waals surface area (Å²) >= 11 is 12.7. The Morgan fingerprint density at radius 2 is 1.50 bits per heavy atom. The lowest BCUT2D eigenvalue weighted by molar-refractivity contribution is -0.140. The monoisotopic (exact) mass is 575 g/mol. The second-order valence-electron chi connectivity index (χ2n) is 8.99. The third-order valence-corrected chi connectivity index (χ3v) is 8.41. The van der Waals surface area contributed by atoms with Gasteiger partial charge in [-0.25, -0.2) is 8.42 Å². The molecule has 0 aliphatic rings. The summed E-state index contributed by atoms with van der Waals surface area (Å²) in [5.41, 5.74) is 0.866. The normalized spacial score (nSPS) is 12.2. The fourth-order valence-electron chi connectivity index (χ4n) is 4.00. The van der Waals surface area contributed by atoms with Gasteiger partial charge in [0.1, 0.15) is 12.6 Å². The summed E-state index contributed by atoms with van der Waals surface area (Å²) in [6, 6.07) is 20.6. The maximum Gasteiger partial charge on any atom is 0.264 e. The van der Waals surface area contributed by atoms with Crippen molar-refractivity contribution < 1.29 is 18.0 Å². The van der Waals surface area contributed by atoms with E-state index < -0.39 is 28.5 Å². The molecule has 3 rings (SSSR count). The maximum absolute atomic E-state index is 14.0. The molecule has 0 saturated carbocycles. The largest absolute Gasteiger partial charge is 0.352 e. The Kier molecular flexibility index (Phi) is 10.2. The highest BCUT2D eigenvalue weighted by Gasteiger charge is 2.34. The predicted octanol–water partition coefficient (Wildman–Crippen LogP) is 5.52. The first-order chi connectivity index (χ1) is 18.1. The minimum atomic E-state index is -4.22. The second kappa shape index (κ2) is 13.1. The number of benzene rings is 3. The van der Waals surface area contributed by atoms with Crippen LogP contribution in [0, 0.1) is 0 Å². The van der Waals surface area contributed by atoms with Crippen LogP contribution in [0.15, 0.2) is 83.8 Å². The topological polar surface area (TPSA) is 86.8 Å². The minimum Gasteiger partial charge on any atom is -0.352 e. The molecule has 1 atom stereocenters. The molecular formula is C28H31Cl2N3O4S. The van der Waals surface area contributed by atoms with Gasteiger partial charge in [-0.05, 0) is 50.1 Å². The van der Waals surface area contributed by atoms with Crippen molar-refractivity contribution >= 4 is 50.7 Å². The summed E-state index contributed by atoms with van der Waals surface area (Å²) in [4.78, 5) is 28.5. The van der Waals surface area contributed by atoms with E-state index in [4.69, 9.17) is 23.2 Å². The van der Waals surface area contributed by atoms with Gasteiger partial charge in [0, 0.05) is 12.6 Å². The lowest BCUT2D eigenvalue weighted by atomic mass is 10.1. The molecule has 0 aliphatic carbocycles. The number of nitrogens with one attached hydrogen (secondary N) is 1. The zero-order valence-corrected chi connectivity index (χ0v) is 23.8. The molecule has 3 aromatic rings. The zero-order chi connectivity index (χ0) is 27.9. The average Bonchev–Trinajstić information content (AvgIpc) is 2.89. The van der Waals surface area contributed by atoms with Crippen molar-refractivity contribution in [2.45, 2.75) is 50.7 Å². The first-order valence-electron chi connectivity index (χ1n) is 12.2. The quantitative estimate of drug-likeness (QED) is 0.326. The van der Waals surface area contributed by atoms with Crippen LogP contribution >= 0.6 is 23.2 Å². The van der Waals surface area contributed by atoms with Crippen molar-refractivity contribution in [2.24, 2.45) is 0 Å². The summed E-state index contributed by atoms with van der Waals surface area (Å²) in [5, 5.41) is 3.02. The van der Waals surface area contributed by atoms with Crippen LogP contribution in [0.5, 0.6) is 0 Å². The Bertz CT molecular complexity index is 1350. The fraction of sp³-hybridized carbons (Fsp3) is 0.286. The van der Waals surface area contributed by atoms with Gasteiger partial charge in [0.15, 0.2) is 0 Å². The van der Waals surface area contributed by atoms with E-state index in [2.05, 4.69) is 5.32 Å². The smallest absolute Gasteiger partial charge is 0.264 e. The van der Waals surface area contributed by atoms with Crippen LogP contribution in [0.2, 0.25) is 10.0 Å². The highest BCUT2D eigenvalue weighted by Crippen LogP contribution is 2.35. The number of sulfonamides is 1. The third kappa shape index (κ3) is 7.07. The van der Waals surface area contributed by atoms with Gasteiger partial charge in [-0.2, -0.15) is 0 Å². The third-order valence-electron chi connectivity index (χ3n) is 5.82. The van der Waals surface area contributed by atoms with Gasteiger partial charge in [0.05, 0.1) is 20.6 Å². The molecule has 0 bridgehead atoms. The number of hydrogen-bond donors (Lipinski definition) is 1. The number of rotatable bonds is 11. The average molecular weight is 577 g/mol. The predicted molar refractivity (Wildman–Crippen MR) is 152 cm³/mol. The van der Waals surface area contributed by atoms with Crippen LogP contribution in [0.25, 0.3) is 0 Å². The standard InChI is InChI=1S/C28H31Cl2N3O4S/c1-4-24(28(35)31-20(2)3)32(18-21-12-7-5-8-13-21)26(34)19-33(25-17-11-16-23(29)27(25)30)38(36,37)22-14-9-6-10-15-22/h5-17,20,24H,4,18-19H2,1-3H3,(H,31,35)/t24-/m1/s1. The number of anilines is 1. The molecule has 0 aromatic heterocycles. The SMILES string of the molecule is CC[C@H](C(=O)NC(C)C)N(Cc1ccccc1)C(=O)CN(c1cccc(Cl)c1Cl)S(=O)(=O)c1ccccc1. The molecule has 0 aliphatic heterocycles. The van der Waals surface area contributed by atoms with Crippen LogP contribution in [0.4, 0.5) is 5.69 Å². The molecule has 10 heteroatoms. The molecule has 2 amide bonds. The van der Waals surface area contributed by atoms with Gasteiger partial charge in [-0.15, -0.1) is 0 Å². The summed E-state index contributed by atoms with van der Waals surface area (Å²) in [5.74, 6) is -0.875. The van der Waals surface area contributed by atoms with Crippen molar-refractivity contribution in [1.29, 1.82) is 0 Å². The van der Waals surface area contributed by atoms with Crippen molar-refractivity contribution in [3.05, 3.63) is 94.5 Å². The van der Waals surface area contributed by atoms with Gasteiger partial charge < -0.3 is 10.2 Å². The van der Waals surface area contributed by atoms with E-state index in [1.165, 1.54) is 29.2 Å². The molecule has 3 aromatic carbocycles. The molecule has 7 nitrogen and oxygen atoms in total. The van der Waals surface area contributed by atoms with E-state index in [9.17, 15) is 18.0 Å². The Morgan fingerprint density at radius 1 is 0.895 bits per heavy atom. The number of carbonyl (C=O) groups is 2. The summed E-state index contributed by atoms with van der Waals surface area (Å²) in [7, 11) is -4.22. The van der Waals surface area contributed by atoms with Gasteiger partial charge in [0.25, 0.3) is 10.0 Å². The number of carbonyl (C=O) groups excluding carboxylic acids is 2. The Morgan fingerprint density at radius 3 is 2.08 bits per heavy atom. The molecule has 202 valence electrons. The number of hydrogen-bond acceptors (Lipinski definition) is 4. The second-order valence-corrected chi connectivity index (χ2v) is 11.6. The van der Waals surface area contributed by atoms with Gasteiger partial charge in [0.2, 0.25) is 11.8 Å². The molecule has 0 saturated heterocycles. The van der Waals surface area contributed by atoms with Crippen molar-refractivity contribution in [3.8, 4) is 0 Å². The Labute approximate surface area is 234 Å². The lowest BCUT2D eigenvalue weighted by Crippen LogP contribution is -2.53. The number of amides is 2. The fourth-order valence-corrected chi connectivity index (χ4v) is 5.89. The highest BCUT2D eigenvalue weighted by atomic mass is 35.5. The number of nitrogens with zero attached hydrogens (tertiary/aromatic N) is 2. The Balaban J connectivity index is 2.08. The van der Waals surface area contributed by atoms with Crippen LogP contribution in [-0.4, -0.2) is 43.8 Å². The molecular weight excluding hydrogens is 545 g/mol. The molecule has 0 heterocycles. The van der Waals surface area contributed by atoms with Crippen LogP contribution in [0.1, 0.15) is 32.8 Å². The summed E-state index contributed by atoms with van der Waals surface area (Å²) in [6.45, 7) is 5.01. The summed E-state index contributed by atoms with van der Waals surface area (Å²) in [6.07, 6.45) is 0.334. The first-order valence-corrected chi connectivity index (χ1v) is 14.4. The first kappa shape index (κ1) is 29.5. The van der Waals surface area contributed by atoms with E-state index >= 15 is 0 Å². The molecule has 38 heavy (non-hydrogen) atoms. The number of halogens is 2. The lowest BCUT2D eigenvalue weighted by Gasteiger charge is -2.33. The van der Waals surface area contributed by atoms with Crippen LogP contribution in [0.3, 0.4) is 0 Å². The van der Waals surface area contributed by atoms with Gasteiger partial charge in [-0.3, -0.25) is 13.9 Å². The zero-order valence-electron chi connectivity index (χ0n) is 21.5. The van der Waals surface area contributed by atoms with Crippen LogP contribution < -0.4 is 9.62 Å². The van der Waals surface area contributed by atoms with Gasteiger partial charge in [-0.1, -0.05) is 84.7 Å². The van der Waals surface area contributed by atoms with E-state index in [1.54, 1.807) is 24.3 Å². The van der Waals surface area contributed by atoms with Crippen molar-refractivity contribution in [3.63, 3.8) is 0 Å². The van der Waals surface area contributed by atoms with Crippen LogP contribution in [-0.2, 0) is 26.2 Å². The van der Waals surface area contributed by atoms with E-state index in [0.29, 0.717) is 6.42 Å². The van der Waals surface area contributed by atoms with E-state index in [-0.39, 0.29) is 39.1 Å². The molecule has 0 spiro atoms. The molecule has 1 N–H and O–H groups in total. The molecule has 0 unspecified atom stereocenters. The van der Waals surface area contributed by atoms with Gasteiger partial charge >= 0.3 is 0 Å². The van der Waals surface area contributed by atoms with Crippen molar-refractivity contribution in [1.82, 2.24) is 10.2 Å². The highest BCUT2D eigenvalue weighted by molar-refractivity contribution is 7.92. The maximum atomic E-state index is 14.0. The molecule has 0 radical (unpaired) electrons. The van der Waals surface area contributed by atoms with E-state index in [1.807, 2.05) is 51.1 Å². The summed E-state index contributed by atoms with van der Waals surface area (Å²) < 4.78 is 28.6. The Hall–Kier alpha value is -3.07. The van der Waals surface area contributed by atoms with Crippen molar-refractivity contribution in [2.75, 3.05) is 10.8 Å². The molecule has 0 fully saturated rings. The minimum absolute atomic E-state index is 0.000625.